The number of nitrogens with zero attached hydrogens (tertiary/aromatic N) is 3. The van der Waals surface area contributed by atoms with E-state index in [1.54, 1.807) is 66.8 Å². The fourth-order valence-electron chi connectivity index (χ4n) is 2.25. The number of rotatable bonds is 5. The molecule has 1 N–H and O–H groups in total. The highest BCUT2D eigenvalue weighted by molar-refractivity contribution is 6.07. The summed E-state index contributed by atoms with van der Waals surface area (Å²) in [7, 11) is 3.05. The zero-order chi connectivity index (χ0) is 16.9. The molecule has 2 heterocycles. The van der Waals surface area contributed by atoms with Crippen LogP contribution in [0.4, 0.5) is 5.69 Å². The van der Waals surface area contributed by atoms with Crippen molar-refractivity contribution in [2.24, 2.45) is 0 Å². The minimum atomic E-state index is -0.327. The van der Waals surface area contributed by atoms with Gasteiger partial charge in [-0.05, 0) is 36.4 Å². The second kappa shape index (κ2) is 6.82. The van der Waals surface area contributed by atoms with E-state index in [4.69, 9.17) is 9.47 Å². The highest BCUT2D eigenvalue weighted by Gasteiger charge is 2.16. The molecule has 0 aliphatic carbocycles. The molecule has 3 rings (SSSR count). The van der Waals surface area contributed by atoms with Crippen molar-refractivity contribution in [2.45, 2.75) is 0 Å². The summed E-state index contributed by atoms with van der Waals surface area (Å²) in [4.78, 5) is 17.0. The number of carbonyl (C=O) groups is 1. The van der Waals surface area contributed by atoms with Crippen molar-refractivity contribution in [2.75, 3.05) is 19.5 Å². The van der Waals surface area contributed by atoms with Gasteiger partial charge in [0, 0.05) is 18.6 Å². The number of aromatic nitrogens is 3. The van der Waals surface area contributed by atoms with Gasteiger partial charge in [0.25, 0.3) is 5.91 Å². The lowest BCUT2D eigenvalue weighted by atomic mass is 10.1. The molecular weight excluding hydrogens is 308 g/mol. The highest BCUT2D eigenvalue weighted by Crippen LogP contribution is 2.26. The first-order valence-electron chi connectivity index (χ1n) is 7.21. The third-order valence-corrected chi connectivity index (χ3v) is 3.41. The maximum absolute atomic E-state index is 12.7. The number of hydrogen-bond donors (Lipinski definition) is 1. The van der Waals surface area contributed by atoms with Crippen LogP contribution in [0.5, 0.6) is 11.5 Å². The van der Waals surface area contributed by atoms with Gasteiger partial charge in [0.05, 0.1) is 25.5 Å². The summed E-state index contributed by atoms with van der Waals surface area (Å²) < 4.78 is 12.0. The molecule has 24 heavy (non-hydrogen) atoms. The summed E-state index contributed by atoms with van der Waals surface area (Å²) in [6, 6.07) is 10.3. The van der Waals surface area contributed by atoms with Crippen molar-refractivity contribution < 1.29 is 14.3 Å². The Bertz CT molecular complexity index is 847. The number of pyridine rings is 1. The first-order valence-corrected chi connectivity index (χ1v) is 7.21. The number of amides is 1. The molecule has 1 aromatic carbocycles. The second-order valence-corrected chi connectivity index (χ2v) is 4.85. The smallest absolute Gasteiger partial charge is 0.259 e. The van der Waals surface area contributed by atoms with E-state index in [-0.39, 0.29) is 5.91 Å². The molecule has 0 saturated heterocycles. The first-order chi connectivity index (χ1) is 11.7. The molecule has 1 amide bonds. The second-order valence-electron chi connectivity index (χ2n) is 4.85. The molecule has 3 aromatic rings. The van der Waals surface area contributed by atoms with E-state index in [0.717, 1.165) is 0 Å². The van der Waals surface area contributed by atoms with E-state index < -0.39 is 0 Å². The molecule has 7 nitrogen and oxygen atoms in total. The Balaban J connectivity index is 1.94. The van der Waals surface area contributed by atoms with Gasteiger partial charge < -0.3 is 14.8 Å². The number of anilines is 1. The third kappa shape index (κ3) is 3.05. The van der Waals surface area contributed by atoms with Crippen LogP contribution in [0.1, 0.15) is 10.4 Å². The van der Waals surface area contributed by atoms with Gasteiger partial charge in [-0.1, -0.05) is 0 Å². The van der Waals surface area contributed by atoms with Crippen molar-refractivity contribution in [3.05, 3.63) is 60.6 Å². The molecule has 0 spiro atoms. The minimum absolute atomic E-state index is 0.327. The van der Waals surface area contributed by atoms with E-state index in [2.05, 4.69) is 15.4 Å². The van der Waals surface area contributed by atoms with E-state index in [1.807, 2.05) is 0 Å². The zero-order valence-electron chi connectivity index (χ0n) is 13.3. The molecule has 0 saturated carbocycles. The topological polar surface area (TPSA) is 78.3 Å². The quantitative estimate of drug-likeness (QED) is 0.780. The molecule has 0 aliphatic rings. The summed E-state index contributed by atoms with van der Waals surface area (Å²) in [6.45, 7) is 0. The maximum atomic E-state index is 12.7. The summed E-state index contributed by atoms with van der Waals surface area (Å²) in [5, 5.41) is 6.99. The van der Waals surface area contributed by atoms with Gasteiger partial charge in [-0.2, -0.15) is 5.10 Å². The van der Waals surface area contributed by atoms with Crippen LogP contribution in [0.25, 0.3) is 5.82 Å². The molecule has 0 unspecified atom stereocenters. The van der Waals surface area contributed by atoms with Gasteiger partial charge in [-0.15, -0.1) is 0 Å². The van der Waals surface area contributed by atoms with Gasteiger partial charge in [0.15, 0.2) is 5.82 Å². The van der Waals surface area contributed by atoms with E-state index in [9.17, 15) is 4.79 Å². The van der Waals surface area contributed by atoms with Crippen LogP contribution in [-0.2, 0) is 0 Å². The lowest BCUT2D eigenvalue weighted by Crippen LogP contribution is -2.15. The van der Waals surface area contributed by atoms with Gasteiger partial charge >= 0.3 is 0 Å². The fraction of sp³-hybridized carbons (Fsp3) is 0.118. The summed E-state index contributed by atoms with van der Waals surface area (Å²) >= 11 is 0. The number of carbonyl (C=O) groups excluding carboxylic acids is 1. The van der Waals surface area contributed by atoms with Crippen molar-refractivity contribution in [3.8, 4) is 17.3 Å². The molecule has 0 bridgehead atoms. The number of benzene rings is 1. The molecule has 0 aliphatic heterocycles. The van der Waals surface area contributed by atoms with Crippen molar-refractivity contribution in [3.63, 3.8) is 0 Å². The predicted molar refractivity (Wildman–Crippen MR) is 88.9 cm³/mol. The average Bonchev–Trinajstić information content (AvgIpc) is 3.16. The van der Waals surface area contributed by atoms with Crippen LogP contribution < -0.4 is 14.8 Å². The number of hydrogen-bond acceptors (Lipinski definition) is 5. The molecule has 2 aromatic heterocycles. The van der Waals surface area contributed by atoms with Gasteiger partial charge in [-0.3, -0.25) is 4.79 Å². The first kappa shape index (κ1) is 15.5. The van der Waals surface area contributed by atoms with Crippen molar-refractivity contribution in [1.29, 1.82) is 0 Å². The predicted octanol–water partition coefficient (Wildman–Crippen LogP) is 2.54. The maximum Gasteiger partial charge on any atom is 0.259 e. The minimum Gasteiger partial charge on any atom is -0.497 e. The molecule has 0 radical (unpaired) electrons. The number of methoxy groups -OCH3 is 2. The lowest BCUT2D eigenvalue weighted by Gasteiger charge is -2.13. The molecular formula is C17H16N4O3. The Hall–Kier alpha value is -3.35. The van der Waals surface area contributed by atoms with Crippen molar-refractivity contribution in [1.82, 2.24) is 14.8 Å². The van der Waals surface area contributed by atoms with Crippen LogP contribution >= 0.6 is 0 Å². The van der Waals surface area contributed by atoms with Gasteiger partial charge in [0.2, 0.25) is 0 Å². The molecule has 0 atom stereocenters. The highest BCUT2D eigenvalue weighted by atomic mass is 16.5. The Morgan fingerprint density at radius 2 is 2.00 bits per heavy atom. The SMILES string of the molecule is COc1ccc(OC)c(C(=O)Nc2cccnc2-n2cccn2)c1. The average molecular weight is 324 g/mol. The molecule has 0 fully saturated rings. The Labute approximate surface area is 138 Å². The Kier molecular flexibility index (Phi) is 4.42. The Morgan fingerprint density at radius 1 is 1.12 bits per heavy atom. The largest absolute Gasteiger partial charge is 0.497 e. The number of ether oxygens (including phenoxy) is 2. The Morgan fingerprint density at radius 3 is 2.71 bits per heavy atom. The monoisotopic (exact) mass is 324 g/mol. The molecule has 7 heteroatoms. The van der Waals surface area contributed by atoms with Crippen molar-refractivity contribution >= 4 is 11.6 Å². The summed E-state index contributed by atoms with van der Waals surface area (Å²) in [5.74, 6) is 1.22. The zero-order valence-corrected chi connectivity index (χ0v) is 13.3. The van der Waals surface area contributed by atoms with Gasteiger partial charge in [0.1, 0.15) is 11.5 Å². The fourth-order valence-corrected chi connectivity index (χ4v) is 2.25. The molecule has 122 valence electrons. The van der Waals surface area contributed by atoms with Crippen LogP contribution in [0, 0.1) is 0 Å². The standard InChI is InChI=1S/C17H16N4O3/c1-23-12-6-7-15(24-2)13(11-12)17(22)20-14-5-3-8-18-16(14)21-10-4-9-19-21/h3-11H,1-2H3,(H,20,22). The summed E-state index contributed by atoms with van der Waals surface area (Å²) in [6.07, 6.45) is 5.04. The van der Waals surface area contributed by atoms with E-state index >= 15 is 0 Å². The third-order valence-electron chi connectivity index (χ3n) is 3.41. The number of nitrogens with one attached hydrogen (secondary N) is 1. The van der Waals surface area contributed by atoms with Crippen LogP contribution in [0.2, 0.25) is 0 Å². The van der Waals surface area contributed by atoms with Gasteiger partial charge in [-0.25, -0.2) is 9.67 Å². The summed E-state index contributed by atoms with van der Waals surface area (Å²) in [5.41, 5.74) is 0.906. The van der Waals surface area contributed by atoms with Crippen LogP contribution in [0.3, 0.4) is 0 Å². The van der Waals surface area contributed by atoms with Crippen LogP contribution in [0.15, 0.2) is 55.0 Å². The normalized spacial score (nSPS) is 10.2. The van der Waals surface area contributed by atoms with Crippen LogP contribution in [-0.4, -0.2) is 34.9 Å². The lowest BCUT2D eigenvalue weighted by molar-refractivity contribution is 0.102. The van der Waals surface area contributed by atoms with E-state index in [1.165, 1.54) is 7.11 Å². The van der Waals surface area contributed by atoms with E-state index in [0.29, 0.717) is 28.6 Å².